The lowest BCUT2D eigenvalue weighted by molar-refractivity contribution is -0.179. The first-order valence-electron chi connectivity index (χ1n) is 6.79. The quantitative estimate of drug-likeness (QED) is 0.794. The molecule has 1 aromatic rings. The van der Waals surface area contributed by atoms with E-state index in [-0.39, 0.29) is 12.8 Å². The Morgan fingerprint density at radius 3 is 2.65 bits per heavy atom. The van der Waals surface area contributed by atoms with Gasteiger partial charge in [-0.1, -0.05) is 0 Å². The summed E-state index contributed by atoms with van der Waals surface area (Å²) in [6.07, 6.45) is -3.09. The maximum atomic E-state index is 12.6. The van der Waals surface area contributed by atoms with Crippen LogP contribution in [-0.4, -0.2) is 36.1 Å². The molecule has 4 nitrogen and oxygen atoms in total. The number of hydrogen-bond acceptors (Lipinski definition) is 4. The van der Waals surface area contributed by atoms with Crippen LogP contribution in [-0.2, 0) is 17.8 Å². The van der Waals surface area contributed by atoms with Gasteiger partial charge >= 0.3 is 6.18 Å². The fourth-order valence-electron chi connectivity index (χ4n) is 2.72. The summed E-state index contributed by atoms with van der Waals surface area (Å²) < 4.78 is 43.3. The van der Waals surface area contributed by atoms with Crippen LogP contribution in [0.15, 0.2) is 6.07 Å². The molecule has 0 saturated carbocycles. The molecule has 2 aliphatic heterocycles. The Kier molecular flexibility index (Phi) is 3.54. The normalized spacial score (nSPS) is 20.9. The van der Waals surface area contributed by atoms with E-state index in [4.69, 9.17) is 4.74 Å². The number of rotatable bonds is 1. The maximum absolute atomic E-state index is 12.6. The molecule has 3 rings (SSSR count). The highest BCUT2D eigenvalue weighted by Gasteiger charge is 2.41. The fourth-order valence-corrected chi connectivity index (χ4v) is 2.72. The number of ether oxygens (including phenoxy) is 1. The molecule has 0 bridgehead atoms. The minimum atomic E-state index is -4.08. The third kappa shape index (κ3) is 2.72. The topological polar surface area (TPSA) is 38.2 Å². The van der Waals surface area contributed by atoms with Crippen molar-refractivity contribution in [3.05, 3.63) is 17.3 Å². The maximum Gasteiger partial charge on any atom is 0.391 e. The molecule has 20 heavy (non-hydrogen) atoms. The fraction of sp³-hybridized carbons (Fsp3) is 0.692. The van der Waals surface area contributed by atoms with Crippen molar-refractivity contribution in [1.29, 1.82) is 0 Å². The van der Waals surface area contributed by atoms with Gasteiger partial charge in [-0.15, -0.1) is 5.10 Å². The Hall–Kier alpha value is -1.37. The smallest absolute Gasteiger partial charge is 0.376 e. The summed E-state index contributed by atoms with van der Waals surface area (Å²) in [6.45, 7) is 1.91. The van der Waals surface area contributed by atoms with Gasteiger partial charge < -0.3 is 9.64 Å². The molecular formula is C13H16F3N3O. The Morgan fingerprint density at radius 1 is 1.20 bits per heavy atom. The van der Waals surface area contributed by atoms with Crippen molar-refractivity contribution in [3.63, 3.8) is 0 Å². The van der Waals surface area contributed by atoms with Gasteiger partial charge in [0.1, 0.15) is 0 Å². The van der Waals surface area contributed by atoms with E-state index in [0.29, 0.717) is 32.1 Å². The van der Waals surface area contributed by atoms with Crippen LogP contribution >= 0.6 is 0 Å². The van der Waals surface area contributed by atoms with Crippen molar-refractivity contribution in [3.8, 4) is 0 Å². The number of alkyl halides is 3. The first-order valence-corrected chi connectivity index (χ1v) is 6.79. The number of aromatic nitrogens is 2. The van der Waals surface area contributed by atoms with Gasteiger partial charge in [0.15, 0.2) is 5.82 Å². The van der Waals surface area contributed by atoms with Gasteiger partial charge in [0, 0.05) is 25.1 Å². The van der Waals surface area contributed by atoms with Crippen molar-refractivity contribution in [2.75, 3.05) is 24.6 Å². The first kappa shape index (κ1) is 13.6. The van der Waals surface area contributed by atoms with Crippen LogP contribution in [0.4, 0.5) is 19.0 Å². The zero-order valence-electron chi connectivity index (χ0n) is 11.0. The lowest BCUT2D eigenvalue weighted by Crippen LogP contribution is -2.39. The van der Waals surface area contributed by atoms with Gasteiger partial charge in [0.25, 0.3) is 0 Å². The Balaban J connectivity index is 1.69. The Bertz CT molecular complexity index is 484. The minimum Gasteiger partial charge on any atom is -0.376 e. The van der Waals surface area contributed by atoms with Gasteiger partial charge in [-0.3, -0.25) is 0 Å². The summed E-state index contributed by atoms with van der Waals surface area (Å²) in [4.78, 5) is 1.88. The minimum absolute atomic E-state index is 0.124. The molecule has 0 aliphatic carbocycles. The largest absolute Gasteiger partial charge is 0.391 e. The average Bonchev–Trinajstić information content (AvgIpc) is 2.46. The third-order valence-corrected chi connectivity index (χ3v) is 3.97. The molecule has 0 aromatic carbocycles. The molecular weight excluding hydrogens is 271 g/mol. The van der Waals surface area contributed by atoms with Gasteiger partial charge in [-0.05, 0) is 18.9 Å². The number of nitrogens with zero attached hydrogens (tertiary/aromatic N) is 3. The van der Waals surface area contributed by atoms with E-state index in [1.807, 2.05) is 11.0 Å². The van der Waals surface area contributed by atoms with Crippen molar-refractivity contribution < 1.29 is 17.9 Å². The van der Waals surface area contributed by atoms with E-state index >= 15 is 0 Å². The molecule has 1 aromatic heterocycles. The van der Waals surface area contributed by atoms with E-state index in [0.717, 1.165) is 17.7 Å². The molecule has 0 unspecified atom stereocenters. The van der Waals surface area contributed by atoms with Crippen LogP contribution < -0.4 is 4.90 Å². The number of anilines is 1. The van der Waals surface area contributed by atoms with Crippen molar-refractivity contribution >= 4 is 5.82 Å². The molecule has 0 amide bonds. The third-order valence-electron chi connectivity index (χ3n) is 3.97. The SMILES string of the molecule is FC(F)(F)C1CCN(c2cc3c(nn2)CCOC3)CC1. The lowest BCUT2D eigenvalue weighted by atomic mass is 9.96. The summed E-state index contributed by atoms with van der Waals surface area (Å²) in [5, 5.41) is 8.31. The van der Waals surface area contributed by atoms with Crippen LogP contribution in [0.25, 0.3) is 0 Å². The lowest BCUT2D eigenvalue weighted by Gasteiger charge is -2.33. The molecule has 3 heterocycles. The molecule has 2 aliphatic rings. The van der Waals surface area contributed by atoms with E-state index in [2.05, 4.69) is 10.2 Å². The molecule has 110 valence electrons. The van der Waals surface area contributed by atoms with Crippen molar-refractivity contribution in [1.82, 2.24) is 10.2 Å². The number of piperidine rings is 1. The van der Waals surface area contributed by atoms with Crippen molar-refractivity contribution in [2.24, 2.45) is 5.92 Å². The van der Waals surface area contributed by atoms with E-state index in [1.165, 1.54) is 0 Å². The Morgan fingerprint density at radius 2 is 1.95 bits per heavy atom. The zero-order chi connectivity index (χ0) is 14.2. The average molecular weight is 287 g/mol. The van der Waals surface area contributed by atoms with Crippen LogP contribution in [0.3, 0.4) is 0 Å². The Labute approximate surface area is 114 Å². The number of hydrogen-bond donors (Lipinski definition) is 0. The van der Waals surface area contributed by atoms with E-state index in [1.54, 1.807) is 0 Å². The predicted molar refractivity (Wildman–Crippen MR) is 66.4 cm³/mol. The van der Waals surface area contributed by atoms with Crippen LogP contribution in [0, 0.1) is 5.92 Å². The van der Waals surface area contributed by atoms with E-state index < -0.39 is 12.1 Å². The molecule has 0 spiro atoms. The predicted octanol–water partition coefficient (Wildman–Crippen LogP) is 2.33. The van der Waals surface area contributed by atoms with E-state index in [9.17, 15) is 13.2 Å². The van der Waals surface area contributed by atoms with Crippen LogP contribution in [0.1, 0.15) is 24.1 Å². The summed E-state index contributed by atoms with van der Waals surface area (Å²) in [6, 6.07) is 1.90. The van der Waals surface area contributed by atoms with Crippen LogP contribution in [0.2, 0.25) is 0 Å². The molecule has 0 atom stereocenters. The summed E-state index contributed by atoms with van der Waals surface area (Å²) >= 11 is 0. The monoisotopic (exact) mass is 287 g/mol. The molecule has 1 fully saturated rings. The van der Waals surface area contributed by atoms with Gasteiger partial charge in [0.05, 0.1) is 24.8 Å². The standard InChI is InChI=1S/C13H16F3N3O/c14-13(15,16)10-1-4-19(5-2-10)12-7-9-8-20-6-3-11(9)17-18-12/h7,10H,1-6,8H2. The second-order valence-corrected chi connectivity index (χ2v) is 5.28. The highest BCUT2D eigenvalue weighted by molar-refractivity contribution is 5.42. The molecule has 7 heteroatoms. The van der Waals surface area contributed by atoms with Crippen LogP contribution in [0.5, 0.6) is 0 Å². The molecule has 0 radical (unpaired) electrons. The highest BCUT2D eigenvalue weighted by Crippen LogP contribution is 2.35. The first-order chi connectivity index (χ1) is 9.54. The number of halogens is 3. The molecule has 0 N–H and O–H groups in total. The molecule has 1 saturated heterocycles. The second kappa shape index (κ2) is 5.20. The zero-order valence-corrected chi connectivity index (χ0v) is 11.0. The van der Waals surface area contributed by atoms with Crippen molar-refractivity contribution in [2.45, 2.75) is 32.0 Å². The summed E-state index contributed by atoms with van der Waals surface area (Å²) in [5.41, 5.74) is 1.93. The van der Waals surface area contributed by atoms with Gasteiger partial charge in [-0.2, -0.15) is 18.3 Å². The second-order valence-electron chi connectivity index (χ2n) is 5.28. The highest BCUT2D eigenvalue weighted by atomic mass is 19.4. The van der Waals surface area contributed by atoms with Gasteiger partial charge in [-0.25, -0.2) is 0 Å². The van der Waals surface area contributed by atoms with Gasteiger partial charge in [0.2, 0.25) is 0 Å². The number of fused-ring (bicyclic) bond motifs is 1. The summed E-state index contributed by atoms with van der Waals surface area (Å²) in [5.74, 6) is -0.525. The summed E-state index contributed by atoms with van der Waals surface area (Å²) in [7, 11) is 0.